The van der Waals surface area contributed by atoms with Gasteiger partial charge in [0.1, 0.15) is 0 Å². The molecule has 0 saturated carbocycles. The van der Waals surface area contributed by atoms with Gasteiger partial charge in [-0.05, 0) is 24.1 Å². The number of carbonyl (C=O) groups excluding carboxylic acids is 2. The van der Waals surface area contributed by atoms with E-state index in [0.29, 0.717) is 18.0 Å². The zero-order chi connectivity index (χ0) is 17.0. The van der Waals surface area contributed by atoms with Gasteiger partial charge < -0.3 is 15.3 Å². The lowest BCUT2D eigenvalue weighted by Gasteiger charge is -2.22. The van der Waals surface area contributed by atoms with E-state index in [9.17, 15) is 14.4 Å². The van der Waals surface area contributed by atoms with Crippen LogP contribution in [0, 0.1) is 5.92 Å². The summed E-state index contributed by atoms with van der Waals surface area (Å²) in [6.45, 7) is 2.05. The Bertz CT molecular complexity index is 603. The third-order valence-electron chi connectivity index (χ3n) is 3.92. The fourth-order valence-electron chi connectivity index (χ4n) is 2.68. The van der Waals surface area contributed by atoms with E-state index in [1.54, 1.807) is 29.2 Å². The molecular formula is C16H19ClN2O4. The zero-order valence-corrected chi connectivity index (χ0v) is 13.5. The van der Waals surface area contributed by atoms with Crippen molar-refractivity contribution in [3.8, 4) is 0 Å². The van der Waals surface area contributed by atoms with Gasteiger partial charge in [-0.15, -0.1) is 0 Å². The molecule has 0 radical (unpaired) electrons. The first kappa shape index (κ1) is 17.3. The topological polar surface area (TPSA) is 86.7 Å². The van der Waals surface area contributed by atoms with Crippen LogP contribution in [0.1, 0.15) is 31.4 Å². The smallest absolute Gasteiger partial charge is 0.308 e. The number of hydrogen-bond donors (Lipinski definition) is 2. The highest BCUT2D eigenvalue weighted by Crippen LogP contribution is 2.23. The number of hydrogen-bond acceptors (Lipinski definition) is 3. The highest BCUT2D eigenvalue weighted by Gasteiger charge is 2.32. The summed E-state index contributed by atoms with van der Waals surface area (Å²) in [5.41, 5.74) is 0.784. The van der Waals surface area contributed by atoms with Gasteiger partial charge >= 0.3 is 5.97 Å². The molecule has 1 aromatic carbocycles. The highest BCUT2D eigenvalue weighted by molar-refractivity contribution is 6.30. The van der Waals surface area contributed by atoms with E-state index < -0.39 is 17.9 Å². The monoisotopic (exact) mass is 338 g/mol. The van der Waals surface area contributed by atoms with E-state index in [2.05, 4.69) is 5.32 Å². The summed E-state index contributed by atoms with van der Waals surface area (Å²) in [6.07, 6.45) is 0.556. The number of carboxylic acid groups (broad SMARTS) is 1. The van der Waals surface area contributed by atoms with E-state index in [1.165, 1.54) is 6.92 Å². The largest absolute Gasteiger partial charge is 0.481 e. The maximum absolute atomic E-state index is 12.4. The van der Waals surface area contributed by atoms with Gasteiger partial charge in [-0.1, -0.05) is 23.7 Å². The van der Waals surface area contributed by atoms with Gasteiger partial charge in [0.15, 0.2) is 0 Å². The Hall–Kier alpha value is -2.08. The predicted octanol–water partition coefficient (Wildman–Crippen LogP) is 1.84. The van der Waals surface area contributed by atoms with Gasteiger partial charge in [-0.3, -0.25) is 14.4 Å². The van der Waals surface area contributed by atoms with E-state index in [-0.39, 0.29) is 24.8 Å². The van der Waals surface area contributed by atoms with Crippen molar-refractivity contribution in [3.05, 3.63) is 34.9 Å². The van der Waals surface area contributed by atoms with Crippen molar-refractivity contribution in [1.82, 2.24) is 10.2 Å². The first-order valence-electron chi connectivity index (χ1n) is 7.40. The second-order valence-corrected chi connectivity index (χ2v) is 6.11. The van der Waals surface area contributed by atoms with Gasteiger partial charge in [0.25, 0.3) is 0 Å². The number of aliphatic carboxylic acids is 1. The number of halogens is 1. The molecule has 1 fully saturated rings. The molecule has 23 heavy (non-hydrogen) atoms. The van der Waals surface area contributed by atoms with Crippen LogP contribution < -0.4 is 5.32 Å². The molecule has 1 aliphatic rings. The van der Waals surface area contributed by atoms with E-state index in [0.717, 1.165) is 5.56 Å². The van der Waals surface area contributed by atoms with Crippen molar-refractivity contribution >= 4 is 29.4 Å². The van der Waals surface area contributed by atoms with Crippen molar-refractivity contribution in [2.45, 2.75) is 25.8 Å². The highest BCUT2D eigenvalue weighted by atomic mass is 35.5. The Labute approximate surface area is 139 Å². The lowest BCUT2D eigenvalue weighted by molar-refractivity contribution is -0.141. The van der Waals surface area contributed by atoms with Gasteiger partial charge in [0.2, 0.25) is 11.8 Å². The molecule has 0 unspecified atom stereocenters. The van der Waals surface area contributed by atoms with Crippen molar-refractivity contribution in [1.29, 1.82) is 0 Å². The van der Waals surface area contributed by atoms with Crippen LogP contribution in [-0.2, 0) is 14.4 Å². The van der Waals surface area contributed by atoms with Crippen LogP contribution in [-0.4, -0.2) is 40.9 Å². The Balaban J connectivity index is 2.05. The Morgan fingerprint density at radius 3 is 2.52 bits per heavy atom. The van der Waals surface area contributed by atoms with Crippen LogP contribution in [0.3, 0.4) is 0 Å². The molecule has 1 aromatic rings. The van der Waals surface area contributed by atoms with Crippen LogP contribution in [0.15, 0.2) is 24.3 Å². The SMILES string of the molecule is CC(=O)N[C@@H](CC(=O)N1CC[C@H](C(=O)O)C1)c1ccc(Cl)cc1. The lowest BCUT2D eigenvalue weighted by Crippen LogP contribution is -2.35. The standard InChI is InChI=1S/C16H19ClN2O4/c1-10(20)18-14(11-2-4-13(17)5-3-11)8-15(21)19-7-6-12(9-19)16(22)23/h2-5,12,14H,6-9H2,1H3,(H,18,20)(H,22,23)/t12-,14-/m0/s1. The molecule has 0 aromatic heterocycles. The number of carboxylic acids is 1. The third kappa shape index (κ3) is 4.69. The summed E-state index contributed by atoms with van der Waals surface area (Å²) in [6, 6.07) is 6.47. The summed E-state index contributed by atoms with van der Waals surface area (Å²) in [7, 11) is 0. The molecule has 0 bridgehead atoms. The van der Waals surface area contributed by atoms with E-state index in [1.807, 2.05) is 0 Å². The fourth-order valence-corrected chi connectivity index (χ4v) is 2.81. The summed E-state index contributed by atoms with van der Waals surface area (Å²) in [5, 5.41) is 12.3. The minimum Gasteiger partial charge on any atom is -0.481 e. The number of likely N-dealkylation sites (tertiary alicyclic amines) is 1. The summed E-state index contributed by atoms with van der Waals surface area (Å²) in [4.78, 5) is 36.3. The molecule has 2 rings (SSSR count). The van der Waals surface area contributed by atoms with Crippen LogP contribution >= 0.6 is 11.6 Å². The molecule has 1 heterocycles. The number of nitrogens with one attached hydrogen (secondary N) is 1. The summed E-state index contributed by atoms with van der Waals surface area (Å²) < 4.78 is 0. The van der Waals surface area contributed by atoms with E-state index in [4.69, 9.17) is 16.7 Å². The van der Waals surface area contributed by atoms with E-state index >= 15 is 0 Å². The van der Waals surface area contributed by atoms with Gasteiger partial charge in [0, 0.05) is 25.0 Å². The predicted molar refractivity (Wildman–Crippen MR) is 84.9 cm³/mol. The normalized spacial score (nSPS) is 18.5. The molecular weight excluding hydrogens is 320 g/mol. The quantitative estimate of drug-likeness (QED) is 0.857. The zero-order valence-electron chi connectivity index (χ0n) is 12.8. The van der Waals surface area contributed by atoms with Crippen molar-refractivity contribution in [3.63, 3.8) is 0 Å². The first-order chi connectivity index (χ1) is 10.9. The Morgan fingerprint density at radius 2 is 2.00 bits per heavy atom. The number of amides is 2. The molecule has 7 heteroatoms. The minimum atomic E-state index is -0.878. The Morgan fingerprint density at radius 1 is 1.35 bits per heavy atom. The molecule has 1 saturated heterocycles. The van der Waals surface area contributed by atoms with Crippen LogP contribution in [0.25, 0.3) is 0 Å². The molecule has 0 aliphatic carbocycles. The number of carbonyl (C=O) groups is 3. The van der Waals surface area contributed by atoms with Crippen molar-refractivity contribution in [2.75, 3.05) is 13.1 Å². The maximum Gasteiger partial charge on any atom is 0.308 e. The fraction of sp³-hybridized carbons (Fsp3) is 0.438. The average Bonchev–Trinajstić information content (AvgIpc) is 2.97. The molecule has 1 aliphatic heterocycles. The summed E-state index contributed by atoms with van der Waals surface area (Å²) >= 11 is 5.86. The number of benzene rings is 1. The summed E-state index contributed by atoms with van der Waals surface area (Å²) in [5.74, 6) is -1.78. The average molecular weight is 339 g/mol. The minimum absolute atomic E-state index is 0.0908. The molecule has 2 amide bonds. The number of nitrogens with zero attached hydrogens (tertiary/aromatic N) is 1. The molecule has 124 valence electrons. The van der Waals surface area contributed by atoms with Crippen molar-refractivity contribution in [2.24, 2.45) is 5.92 Å². The Kier molecular flexibility index (Phi) is 5.60. The number of rotatable bonds is 5. The van der Waals surface area contributed by atoms with Crippen LogP contribution in [0.5, 0.6) is 0 Å². The lowest BCUT2D eigenvalue weighted by atomic mass is 10.0. The maximum atomic E-state index is 12.4. The van der Waals surface area contributed by atoms with Gasteiger partial charge in [-0.25, -0.2) is 0 Å². The second-order valence-electron chi connectivity index (χ2n) is 5.67. The van der Waals surface area contributed by atoms with Crippen LogP contribution in [0.4, 0.5) is 0 Å². The van der Waals surface area contributed by atoms with Gasteiger partial charge in [-0.2, -0.15) is 0 Å². The third-order valence-corrected chi connectivity index (χ3v) is 4.17. The second kappa shape index (κ2) is 7.46. The molecule has 2 atom stereocenters. The van der Waals surface area contributed by atoms with Crippen molar-refractivity contribution < 1.29 is 19.5 Å². The van der Waals surface area contributed by atoms with Crippen LogP contribution in [0.2, 0.25) is 5.02 Å². The molecule has 6 nitrogen and oxygen atoms in total. The first-order valence-corrected chi connectivity index (χ1v) is 7.77. The van der Waals surface area contributed by atoms with Gasteiger partial charge in [0.05, 0.1) is 18.4 Å². The molecule has 2 N–H and O–H groups in total. The molecule has 0 spiro atoms.